The molecule has 0 unspecified atom stereocenters. The molecular formula is C6H5N3O3. The second kappa shape index (κ2) is 2.92. The van der Waals surface area contributed by atoms with Crippen LogP contribution in [0.25, 0.3) is 0 Å². The first kappa shape index (κ1) is 8.07. The van der Waals surface area contributed by atoms with Crippen molar-refractivity contribution in [2.75, 3.05) is 7.11 Å². The molecular weight excluding hydrogens is 162 g/mol. The third-order valence-electron chi connectivity index (χ3n) is 1.29. The molecule has 1 rings (SSSR count). The van der Waals surface area contributed by atoms with E-state index in [-0.39, 0.29) is 17.3 Å². The van der Waals surface area contributed by atoms with Gasteiger partial charge in [-0.2, -0.15) is 5.26 Å². The van der Waals surface area contributed by atoms with Crippen LogP contribution in [0.3, 0.4) is 0 Å². The van der Waals surface area contributed by atoms with Crippen LogP contribution in [0.1, 0.15) is 5.56 Å². The van der Waals surface area contributed by atoms with Crippen molar-refractivity contribution in [3.63, 3.8) is 0 Å². The number of ether oxygens (including phenoxy) is 1. The average Bonchev–Trinajstić information content (AvgIpc) is 2.46. The molecule has 62 valence electrons. The van der Waals surface area contributed by atoms with Gasteiger partial charge in [-0.05, 0) is 4.92 Å². The van der Waals surface area contributed by atoms with E-state index in [0.29, 0.717) is 0 Å². The number of aromatic nitrogens is 1. The van der Waals surface area contributed by atoms with Crippen molar-refractivity contribution >= 4 is 5.82 Å². The molecule has 0 aliphatic rings. The van der Waals surface area contributed by atoms with Crippen LogP contribution in [0.15, 0.2) is 6.07 Å². The van der Waals surface area contributed by atoms with Gasteiger partial charge in [0.15, 0.2) is 0 Å². The molecule has 0 aliphatic carbocycles. The molecule has 0 atom stereocenters. The highest BCUT2D eigenvalue weighted by molar-refractivity contribution is 5.46. The topological polar surface area (TPSA) is 91.9 Å². The molecule has 0 spiro atoms. The minimum atomic E-state index is -0.622. The van der Waals surface area contributed by atoms with E-state index >= 15 is 0 Å². The zero-order chi connectivity index (χ0) is 9.14. The third kappa shape index (κ3) is 1.20. The van der Waals surface area contributed by atoms with Crippen molar-refractivity contribution in [2.45, 2.75) is 0 Å². The lowest BCUT2D eigenvalue weighted by Gasteiger charge is -1.88. The Morgan fingerprint density at radius 2 is 2.50 bits per heavy atom. The number of aromatic amines is 1. The number of H-pyrrole nitrogens is 1. The average molecular weight is 167 g/mol. The Hall–Kier alpha value is -2.03. The van der Waals surface area contributed by atoms with Crippen molar-refractivity contribution in [3.05, 3.63) is 21.7 Å². The summed E-state index contributed by atoms with van der Waals surface area (Å²) < 4.78 is 4.68. The van der Waals surface area contributed by atoms with E-state index in [9.17, 15) is 10.1 Å². The number of rotatable bonds is 2. The molecule has 0 aliphatic heterocycles. The van der Waals surface area contributed by atoms with Crippen LogP contribution in [0.2, 0.25) is 0 Å². The number of hydrogen-bond acceptors (Lipinski definition) is 4. The molecule has 0 saturated carbocycles. The number of hydrogen-bond donors (Lipinski definition) is 1. The summed E-state index contributed by atoms with van der Waals surface area (Å²) in [4.78, 5) is 11.9. The first-order chi connectivity index (χ1) is 5.69. The Morgan fingerprint density at radius 1 is 1.83 bits per heavy atom. The first-order valence-electron chi connectivity index (χ1n) is 3.00. The summed E-state index contributed by atoms with van der Waals surface area (Å²) >= 11 is 0. The fourth-order valence-electron chi connectivity index (χ4n) is 0.764. The monoisotopic (exact) mass is 167 g/mol. The van der Waals surface area contributed by atoms with E-state index in [2.05, 4.69) is 9.72 Å². The molecule has 12 heavy (non-hydrogen) atoms. The highest BCUT2D eigenvalue weighted by Crippen LogP contribution is 2.21. The lowest BCUT2D eigenvalue weighted by molar-refractivity contribution is -0.389. The van der Waals surface area contributed by atoms with E-state index < -0.39 is 4.92 Å². The molecule has 0 radical (unpaired) electrons. The number of methoxy groups -OCH3 is 1. The molecule has 0 fully saturated rings. The smallest absolute Gasteiger partial charge is 0.325 e. The van der Waals surface area contributed by atoms with Gasteiger partial charge in [0.25, 0.3) is 0 Å². The zero-order valence-corrected chi connectivity index (χ0v) is 6.20. The summed E-state index contributed by atoms with van der Waals surface area (Å²) in [5.74, 6) is -0.132. The van der Waals surface area contributed by atoms with Crippen LogP contribution >= 0.6 is 0 Å². The Labute approximate surface area is 67.5 Å². The molecule has 1 N–H and O–H groups in total. The molecule has 6 nitrogen and oxygen atoms in total. The van der Waals surface area contributed by atoms with Crippen molar-refractivity contribution in [3.8, 4) is 11.9 Å². The van der Waals surface area contributed by atoms with E-state index in [1.807, 2.05) is 0 Å². The van der Waals surface area contributed by atoms with Gasteiger partial charge in [-0.1, -0.05) is 0 Å². The SMILES string of the molecule is COc1[nH]c([N+](=O)[O-])cc1C#N. The van der Waals surface area contributed by atoms with E-state index in [0.717, 1.165) is 6.07 Å². The van der Waals surface area contributed by atoms with Crippen LogP contribution in [0, 0.1) is 21.4 Å². The predicted octanol–water partition coefficient (Wildman–Crippen LogP) is 0.803. The molecule has 0 bridgehead atoms. The quantitative estimate of drug-likeness (QED) is 0.520. The van der Waals surface area contributed by atoms with E-state index in [1.54, 1.807) is 6.07 Å². The highest BCUT2D eigenvalue weighted by atomic mass is 16.6. The number of nitrogens with zero attached hydrogens (tertiary/aromatic N) is 2. The maximum atomic E-state index is 10.2. The van der Waals surface area contributed by atoms with Crippen molar-refractivity contribution < 1.29 is 9.66 Å². The van der Waals surface area contributed by atoms with Gasteiger partial charge in [0, 0.05) is 0 Å². The maximum Gasteiger partial charge on any atom is 0.325 e. The fraction of sp³-hybridized carbons (Fsp3) is 0.167. The normalized spacial score (nSPS) is 9.00. The predicted molar refractivity (Wildman–Crippen MR) is 38.7 cm³/mol. The second-order valence-electron chi connectivity index (χ2n) is 1.97. The van der Waals surface area contributed by atoms with Crippen molar-refractivity contribution in [2.24, 2.45) is 0 Å². The number of nitro groups is 1. The lowest BCUT2D eigenvalue weighted by Crippen LogP contribution is -1.88. The maximum absolute atomic E-state index is 10.2. The van der Waals surface area contributed by atoms with Crippen molar-refractivity contribution in [1.29, 1.82) is 5.26 Å². The minimum absolute atomic E-state index is 0.115. The Morgan fingerprint density at radius 3 is 2.83 bits per heavy atom. The van der Waals surface area contributed by atoms with E-state index in [1.165, 1.54) is 7.11 Å². The second-order valence-corrected chi connectivity index (χ2v) is 1.97. The Bertz CT molecular complexity index is 349. The van der Waals surface area contributed by atoms with Gasteiger partial charge < -0.3 is 14.9 Å². The molecule has 1 aromatic heterocycles. The molecule has 6 heteroatoms. The molecule has 1 heterocycles. The summed E-state index contributed by atoms with van der Waals surface area (Å²) in [6, 6.07) is 2.88. The summed E-state index contributed by atoms with van der Waals surface area (Å²) in [5.41, 5.74) is 0.129. The Kier molecular flexibility index (Phi) is 1.96. The standard InChI is InChI=1S/C6H5N3O3/c1-12-6-4(3-7)2-5(8-6)9(10)11/h2,8H,1H3. The molecule has 0 amide bonds. The van der Waals surface area contributed by atoms with E-state index in [4.69, 9.17) is 5.26 Å². The van der Waals surface area contributed by atoms with Crippen LogP contribution in [0.5, 0.6) is 5.88 Å². The van der Waals surface area contributed by atoms with Crippen LogP contribution < -0.4 is 4.74 Å². The van der Waals surface area contributed by atoms with Gasteiger partial charge in [0.2, 0.25) is 0 Å². The van der Waals surface area contributed by atoms with Gasteiger partial charge >= 0.3 is 11.7 Å². The highest BCUT2D eigenvalue weighted by Gasteiger charge is 2.15. The first-order valence-corrected chi connectivity index (χ1v) is 3.00. The minimum Gasteiger partial charge on any atom is -0.465 e. The molecule has 0 saturated heterocycles. The summed E-state index contributed by atoms with van der Waals surface area (Å²) in [6.07, 6.45) is 0. The van der Waals surface area contributed by atoms with Crippen LogP contribution in [-0.2, 0) is 0 Å². The van der Waals surface area contributed by atoms with Gasteiger partial charge in [0.05, 0.1) is 13.2 Å². The van der Waals surface area contributed by atoms with Crippen LogP contribution in [-0.4, -0.2) is 17.0 Å². The van der Waals surface area contributed by atoms with Gasteiger partial charge in [-0.3, -0.25) is 0 Å². The van der Waals surface area contributed by atoms with Crippen LogP contribution in [0.4, 0.5) is 5.82 Å². The number of nitrogens with one attached hydrogen (secondary N) is 1. The lowest BCUT2D eigenvalue weighted by atomic mass is 10.3. The number of nitriles is 1. The zero-order valence-electron chi connectivity index (χ0n) is 6.20. The third-order valence-corrected chi connectivity index (χ3v) is 1.29. The fourth-order valence-corrected chi connectivity index (χ4v) is 0.764. The van der Waals surface area contributed by atoms with Gasteiger partial charge in [-0.15, -0.1) is 0 Å². The molecule has 0 aromatic carbocycles. The largest absolute Gasteiger partial charge is 0.465 e. The van der Waals surface area contributed by atoms with Gasteiger partial charge in [0.1, 0.15) is 11.6 Å². The summed E-state index contributed by atoms with van der Waals surface area (Å²) in [6.45, 7) is 0. The summed E-state index contributed by atoms with van der Waals surface area (Å²) in [7, 11) is 1.33. The van der Waals surface area contributed by atoms with Gasteiger partial charge in [-0.25, -0.2) is 4.98 Å². The summed E-state index contributed by atoms with van der Waals surface area (Å²) in [5, 5.41) is 18.7. The molecule has 1 aromatic rings. The Balaban J connectivity index is 3.16. The van der Waals surface area contributed by atoms with Crippen molar-refractivity contribution in [1.82, 2.24) is 4.98 Å².